The van der Waals surface area contributed by atoms with Crippen LogP contribution in [0.15, 0.2) is 0 Å². The summed E-state index contributed by atoms with van der Waals surface area (Å²) in [6.45, 7) is 9.19. The first-order valence-electron chi connectivity index (χ1n) is 5.86. The second-order valence-corrected chi connectivity index (χ2v) is 5.48. The van der Waals surface area contributed by atoms with E-state index in [1.807, 2.05) is 27.7 Å². The van der Waals surface area contributed by atoms with Gasteiger partial charge in [0.05, 0.1) is 31.8 Å². The number of methoxy groups -OCH3 is 1. The third-order valence-electron chi connectivity index (χ3n) is 2.83. The molecule has 1 saturated heterocycles. The normalized spacial score (nSPS) is 21.2. The number of hydrogen-bond donors (Lipinski definition) is 1. The van der Waals surface area contributed by atoms with Gasteiger partial charge in [0.25, 0.3) is 0 Å². The summed E-state index contributed by atoms with van der Waals surface area (Å²) in [6.07, 6.45) is 0. The Hall–Kier alpha value is -0.650. The van der Waals surface area contributed by atoms with Crippen LogP contribution in [-0.4, -0.2) is 44.7 Å². The molecule has 1 rings (SSSR count). The zero-order valence-electron chi connectivity index (χ0n) is 11.3. The van der Waals surface area contributed by atoms with Gasteiger partial charge in [-0.2, -0.15) is 0 Å². The van der Waals surface area contributed by atoms with Crippen molar-refractivity contribution >= 4 is 5.97 Å². The molecule has 100 valence electrons. The summed E-state index contributed by atoms with van der Waals surface area (Å²) in [6, 6.07) is 0.118. The highest BCUT2D eigenvalue weighted by molar-refractivity contribution is 5.76. The molecule has 0 aliphatic carbocycles. The summed E-state index contributed by atoms with van der Waals surface area (Å²) in [7, 11) is 1.40. The molecule has 1 aliphatic heterocycles. The molecule has 1 heterocycles. The van der Waals surface area contributed by atoms with E-state index in [-0.39, 0.29) is 12.0 Å². The number of esters is 1. The molecule has 0 atom stereocenters. The van der Waals surface area contributed by atoms with E-state index in [9.17, 15) is 4.79 Å². The van der Waals surface area contributed by atoms with Crippen molar-refractivity contribution in [2.24, 2.45) is 5.41 Å². The Morgan fingerprint density at radius 3 is 2.41 bits per heavy atom. The summed E-state index contributed by atoms with van der Waals surface area (Å²) < 4.78 is 15.8. The quantitative estimate of drug-likeness (QED) is 0.747. The van der Waals surface area contributed by atoms with Crippen molar-refractivity contribution in [2.45, 2.75) is 39.5 Å². The highest BCUT2D eigenvalue weighted by Gasteiger charge is 2.32. The van der Waals surface area contributed by atoms with Gasteiger partial charge in [-0.25, -0.2) is 0 Å². The van der Waals surface area contributed by atoms with Crippen molar-refractivity contribution < 1.29 is 19.0 Å². The second kappa shape index (κ2) is 5.33. The lowest BCUT2D eigenvalue weighted by Gasteiger charge is -2.36. The van der Waals surface area contributed by atoms with Crippen LogP contribution in [0.2, 0.25) is 0 Å². The van der Waals surface area contributed by atoms with E-state index < -0.39 is 11.2 Å². The minimum Gasteiger partial charge on any atom is -0.469 e. The van der Waals surface area contributed by atoms with Crippen LogP contribution in [0, 0.1) is 5.41 Å². The molecular weight excluding hydrogens is 222 g/mol. The van der Waals surface area contributed by atoms with Crippen LogP contribution in [0.5, 0.6) is 0 Å². The third kappa shape index (κ3) is 4.26. The van der Waals surface area contributed by atoms with Crippen LogP contribution in [0.4, 0.5) is 0 Å². The van der Waals surface area contributed by atoms with Crippen molar-refractivity contribution in [3.05, 3.63) is 0 Å². The SMILES string of the molecule is COC(=O)C(C)(C)CNC1COC(C)(C)OC1. The van der Waals surface area contributed by atoms with Crippen molar-refractivity contribution in [1.82, 2.24) is 5.32 Å². The molecule has 1 fully saturated rings. The molecule has 1 N–H and O–H groups in total. The van der Waals surface area contributed by atoms with Gasteiger partial charge in [0.1, 0.15) is 0 Å². The summed E-state index contributed by atoms with van der Waals surface area (Å²) in [5.41, 5.74) is -0.540. The molecule has 0 aromatic rings. The number of hydrogen-bond acceptors (Lipinski definition) is 5. The molecule has 0 bridgehead atoms. The maximum Gasteiger partial charge on any atom is 0.312 e. The van der Waals surface area contributed by atoms with E-state index in [1.54, 1.807) is 0 Å². The first-order valence-corrected chi connectivity index (χ1v) is 5.86. The predicted molar refractivity (Wildman–Crippen MR) is 63.6 cm³/mol. The summed E-state index contributed by atoms with van der Waals surface area (Å²) in [4.78, 5) is 11.5. The lowest BCUT2D eigenvalue weighted by Crippen LogP contribution is -2.51. The van der Waals surface area contributed by atoms with E-state index in [0.29, 0.717) is 19.8 Å². The Morgan fingerprint density at radius 2 is 1.94 bits per heavy atom. The van der Waals surface area contributed by atoms with Crippen molar-refractivity contribution in [3.63, 3.8) is 0 Å². The highest BCUT2D eigenvalue weighted by atomic mass is 16.7. The van der Waals surface area contributed by atoms with Crippen LogP contribution in [0.3, 0.4) is 0 Å². The zero-order valence-corrected chi connectivity index (χ0v) is 11.3. The monoisotopic (exact) mass is 245 g/mol. The van der Waals surface area contributed by atoms with Gasteiger partial charge in [0.15, 0.2) is 5.79 Å². The average molecular weight is 245 g/mol. The average Bonchev–Trinajstić information content (AvgIpc) is 2.26. The fraction of sp³-hybridized carbons (Fsp3) is 0.917. The van der Waals surface area contributed by atoms with Crippen molar-refractivity contribution in [3.8, 4) is 0 Å². The molecule has 5 heteroatoms. The van der Waals surface area contributed by atoms with Gasteiger partial charge in [-0.15, -0.1) is 0 Å². The van der Waals surface area contributed by atoms with Gasteiger partial charge < -0.3 is 19.5 Å². The fourth-order valence-electron chi connectivity index (χ4n) is 1.56. The molecule has 0 aromatic heterocycles. The number of carbonyl (C=O) groups excluding carboxylic acids is 1. The van der Waals surface area contributed by atoms with Gasteiger partial charge in [-0.3, -0.25) is 4.79 Å². The standard InChI is InChI=1S/C12H23NO4/c1-11(2,10(14)15-5)8-13-9-6-16-12(3,4)17-7-9/h9,13H,6-8H2,1-5H3. The molecule has 0 saturated carbocycles. The minimum absolute atomic E-state index is 0.118. The lowest BCUT2D eigenvalue weighted by atomic mass is 9.93. The molecule has 0 unspecified atom stereocenters. The Bertz CT molecular complexity index is 266. The smallest absolute Gasteiger partial charge is 0.312 e. The molecule has 0 radical (unpaired) electrons. The van der Waals surface area contributed by atoms with Gasteiger partial charge in [0, 0.05) is 6.54 Å². The van der Waals surface area contributed by atoms with Gasteiger partial charge in [-0.05, 0) is 27.7 Å². The maximum absolute atomic E-state index is 11.5. The second-order valence-electron chi connectivity index (χ2n) is 5.48. The molecule has 17 heavy (non-hydrogen) atoms. The Kier molecular flexibility index (Phi) is 4.52. The molecule has 0 aromatic carbocycles. The van der Waals surface area contributed by atoms with Crippen LogP contribution in [0.25, 0.3) is 0 Å². The van der Waals surface area contributed by atoms with Crippen molar-refractivity contribution in [1.29, 1.82) is 0 Å². The molecule has 1 aliphatic rings. The highest BCUT2D eigenvalue weighted by Crippen LogP contribution is 2.19. The zero-order chi connectivity index (χ0) is 13.1. The van der Waals surface area contributed by atoms with E-state index in [2.05, 4.69) is 5.32 Å². The number of ether oxygens (including phenoxy) is 3. The van der Waals surface area contributed by atoms with Crippen LogP contribution >= 0.6 is 0 Å². The first-order chi connectivity index (χ1) is 7.77. The molecule has 0 amide bonds. The summed E-state index contributed by atoms with van der Waals surface area (Å²) in [5.74, 6) is -0.723. The number of rotatable bonds is 4. The number of nitrogens with one attached hydrogen (secondary N) is 1. The molecule has 5 nitrogen and oxygen atoms in total. The van der Waals surface area contributed by atoms with Crippen LogP contribution in [-0.2, 0) is 19.0 Å². The molecular formula is C12H23NO4. The lowest BCUT2D eigenvalue weighted by molar-refractivity contribution is -0.253. The van der Waals surface area contributed by atoms with E-state index in [0.717, 1.165) is 0 Å². The van der Waals surface area contributed by atoms with E-state index in [4.69, 9.17) is 14.2 Å². The third-order valence-corrected chi connectivity index (χ3v) is 2.83. The van der Waals surface area contributed by atoms with E-state index >= 15 is 0 Å². The first kappa shape index (κ1) is 14.4. The largest absolute Gasteiger partial charge is 0.469 e. The Labute approximate surface area is 103 Å². The molecule has 0 spiro atoms. The van der Waals surface area contributed by atoms with E-state index in [1.165, 1.54) is 7.11 Å². The fourth-order valence-corrected chi connectivity index (χ4v) is 1.56. The number of carbonyl (C=O) groups is 1. The van der Waals surface area contributed by atoms with Gasteiger partial charge in [-0.1, -0.05) is 0 Å². The summed E-state index contributed by atoms with van der Waals surface area (Å²) in [5, 5.41) is 3.26. The minimum atomic E-state index is -0.540. The van der Waals surface area contributed by atoms with Crippen LogP contribution < -0.4 is 5.32 Å². The van der Waals surface area contributed by atoms with Crippen LogP contribution in [0.1, 0.15) is 27.7 Å². The topological polar surface area (TPSA) is 56.8 Å². The van der Waals surface area contributed by atoms with Crippen molar-refractivity contribution in [2.75, 3.05) is 26.9 Å². The predicted octanol–water partition coefficient (Wildman–Crippen LogP) is 0.927. The Morgan fingerprint density at radius 1 is 1.41 bits per heavy atom. The maximum atomic E-state index is 11.5. The Balaban J connectivity index is 2.35. The summed E-state index contributed by atoms with van der Waals surface area (Å²) >= 11 is 0. The van der Waals surface area contributed by atoms with Gasteiger partial charge >= 0.3 is 5.97 Å². The van der Waals surface area contributed by atoms with Gasteiger partial charge in [0.2, 0.25) is 0 Å².